The molecule has 0 radical (unpaired) electrons. The summed E-state index contributed by atoms with van der Waals surface area (Å²) < 4.78 is 12.8. The molecule has 5 rings (SSSR count). The SMILES string of the molecule is CC12CCCCC13OC(C2=O)C1(C=CC(=O)c2ccccc21)O3. The van der Waals surface area contributed by atoms with Gasteiger partial charge in [-0.3, -0.25) is 9.59 Å². The Bertz CT molecular complexity index is 781. The minimum Gasteiger partial charge on any atom is -0.334 e. The van der Waals surface area contributed by atoms with Gasteiger partial charge in [-0.25, -0.2) is 0 Å². The van der Waals surface area contributed by atoms with E-state index in [2.05, 4.69) is 0 Å². The lowest BCUT2D eigenvalue weighted by Crippen LogP contribution is -2.58. The van der Waals surface area contributed by atoms with Crippen molar-refractivity contribution < 1.29 is 19.1 Å². The normalized spacial score (nSPS) is 43.8. The first-order valence-electron chi connectivity index (χ1n) is 8.28. The van der Waals surface area contributed by atoms with Crippen molar-refractivity contribution in [2.24, 2.45) is 5.41 Å². The molecule has 2 aliphatic carbocycles. The third-order valence-electron chi connectivity index (χ3n) is 6.18. The van der Waals surface area contributed by atoms with Crippen LogP contribution >= 0.6 is 0 Å². The van der Waals surface area contributed by atoms with Gasteiger partial charge in [0.05, 0.1) is 5.41 Å². The Morgan fingerprint density at radius 1 is 1.13 bits per heavy atom. The largest absolute Gasteiger partial charge is 0.334 e. The molecule has 2 aliphatic heterocycles. The zero-order chi connectivity index (χ0) is 15.9. The lowest BCUT2D eigenvalue weighted by atomic mass is 9.64. The molecule has 2 spiro atoms. The van der Waals surface area contributed by atoms with E-state index in [1.165, 1.54) is 6.08 Å². The summed E-state index contributed by atoms with van der Waals surface area (Å²) in [6, 6.07) is 7.39. The van der Waals surface area contributed by atoms with E-state index in [4.69, 9.17) is 9.47 Å². The van der Waals surface area contributed by atoms with E-state index in [9.17, 15) is 9.59 Å². The molecule has 0 aromatic heterocycles. The highest BCUT2D eigenvalue weighted by Gasteiger charge is 2.76. The highest BCUT2D eigenvalue weighted by Crippen LogP contribution is 2.65. The summed E-state index contributed by atoms with van der Waals surface area (Å²) in [5.74, 6) is -0.767. The summed E-state index contributed by atoms with van der Waals surface area (Å²) in [7, 11) is 0. The number of Topliss-reactive ketones (excluding diaryl/α,β-unsaturated/α-hetero) is 1. The zero-order valence-corrected chi connectivity index (χ0v) is 13.0. The van der Waals surface area contributed by atoms with E-state index >= 15 is 0 Å². The molecule has 4 atom stereocenters. The fourth-order valence-electron chi connectivity index (χ4n) is 4.87. The van der Waals surface area contributed by atoms with Crippen molar-refractivity contribution in [2.45, 2.75) is 50.1 Å². The van der Waals surface area contributed by atoms with Crippen LogP contribution in [0.3, 0.4) is 0 Å². The molecule has 3 fully saturated rings. The van der Waals surface area contributed by atoms with Gasteiger partial charge in [-0.05, 0) is 31.9 Å². The molecule has 4 aliphatic rings. The summed E-state index contributed by atoms with van der Waals surface area (Å²) >= 11 is 0. The van der Waals surface area contributed by atoms with Crippen molar-refractivity contribution >= 4 is 11.6 Å². The van der Waals surface area contributed by atoms with Crippen molar-refractivity contribution in [3.63, 3.8) is 0 Å². The van der Waals surface area contributed by atoms with Gasteiger partial charge < -0.3 is 9.47 Å². The van der Waals surface area contributed by atoms with Gasteiger partial charge in [-0.2, -0.15) is 0 Å². The molecule has 4 heteroatoms. The number of fused-ring (bicyclic) bond motifs is 4. The molecule has 2 heterocycles. The van der Waals surface area contributed by atoms with Crippen molar-refractivity contribution in [3.05, 3.63) is 47.5 Å². The summed E-state index contributed by atoms with van der Waals surface area (Å²) in [4.78, 5) is 25.3. The smallest absolute Gasteiger partial charge is 0.186 e. The number of ketones is 2. The van der Waals surface area contributed by atoms with Crippen LogP contribution in [0.25, 0.3) is 0 Å². The molecular weight excluding hydrogens is 292 g/mol. The van der Waals surface area contributed by atoms with Crippen LogP contribution in [-0.2, 0) is 19.9 Å². The second-order valence-electron chi connectivity index (χ2n) is 7.29. The first-order chi connectivity index (χ1) is 11.0. The highest BCUT2D eigenvalue weighted by atomic mass is 16.8. The van der Waals surface area contributed by atoms with Gasteiger partial charge in [0.2, 0.25) is 0 Å². The summed E-state index contributed by atoms with van der Waals surface area (Å²) in [6.07, 6.45) is 6.17. The molecule has 0 amide bonds. The molecule has 118 valence electrons. The van der Waals surface area contributed by atoms with E-state index in [0.29, 0.717) is 5.56 Å². The Morgan fingerprint density at radius 3 is 2.78 bits per heavy atom. The third-order valence-corrected chi connectivity index (χ3v) is 6.18. The quantitative estimate of drug-likeness (QED) is 0.739. The standard InChI is InChI=1S/C19H18O4/c1-17-9-4-5-10-19(17)22-16(15(17)21)18(23-19)11-8-14(20)12-6-2-3-7-13(12)18/h2-3,6-8,11,16H,4-5,9-10H2,1H3. The van der Waals surface area contributed by atoms with Crippen molar-refractivity contribution in [3.8, 4) is 0 Å². The van der Waals surface area contributed by atoms with Crippen LogP contribution in [0.5, 0.6) is 0 Å². The molecule has 1 saturated carbocycles. The molecule has 0 N–H and O–H groups in total. The lowest BCUT2D eigenvalue weighted by molar-refractivity contribution is -0.246. The first kappa shape index (κ1) is 13.6. The van der Waals surface area contributed by atoms with E-state index in [1.54, 1.807) is 12.1 Å². The van der Waals surface area contributed by atoms with E-state index < -0.39 is 22.9 Å². The average molecular weight is 310 g/mol. The summed E-state index contributed by atoms with van der Waals surface area (Å²) in [5, 5.41) is 0. The van der Waals surface area contributed by atoms with Gasteiger partial charge in [0.25, 0.3) is 0 Å². The molecular formula is C19H18O4. The molecule has 2 saturated heterocycles. The van der Waals surface area contributed by atoms with Crippen LogP contribution in [-0.4, -0.2) is 23.5 Å². The Hall–Kier alpha value is -1.78. The second-order valence-corrected chi connectivity index (χ2v) is 7.29. The van der Waals surface area contributed by atoms with Crippen LogP contribution in [0.1, 0.15) is 48.5 Å². The number of hydrogen-bond acceptors (Lipinski definition) is 4. The maximum Gasteiger partial charge on any atom is 0.186 e. The Balaban J connectivity index is 1.72. The predicted octanol–water partition coefficient (Wildman–Crippen LogP) is 2.91. The number of benzene rings is 1. The summed E-state index contributed by atoms with van der Waals surface area (Å²) in [6.45, 7) is 1.98. The fourth-order valence-corrected chi connectivity index (χ4v) is 4.87. The van der Waals surface area contributed by atoms with Gasteiger partial charge in [0.1, 0.15) is 5.60 Å². The molecule has 23 heavy (non-hydrogen) atoms. The third kappa shape index (κ3) is 1.36. The topological polar surface area (TPSA) is 52.6 Å². The Kier molecular flexibility index (Phi) is 2.37. The number of ether oxygens (including phenoxy) is 2. The zero-order valence-electron chi connectivity index (χ0n) is 13.0. The van der Waals surface area contributed by atoms with Crippen LogP contribution in [0.2, 0.25) is 0 Å². The first-order valence-corrected chi connectivity index (χ1v) is 8.28. The lowest BCUT2D eigenvalue weighted by Gasteiger charge is -2.48. The molecule has 2 bridgehead atoms. The molecule has 1 aromatic rings. The van der Waals surface area contributed by atoms with Crippen molar-refractivity contribution in [2.75, 3.05) is 0 Å². The van der Waals surface area contributed by atoms with Crippen molar-refractivity contribution in [1.82, 2.24) is 0 Å². The number of carbonyl (C=O) groups is 2. The van der Waals surface area contributed by atoms with Crippen LogP contribution in [0, 0.1) is 5.41 Å². The predicted molar refractivity (Wildman–Crippen MR) is 81.9 cm³/mol. The van der Waals surface area contributed by atoms with Crippen LogP contribution < -0.4 is 0 Å². The second kappa shape index (κ2) is 4.00. The Labute approximate surface area is 134 Å². The number of allylic oxidation sites excluding steroid dienone is 1. The molecule has 1 aromatic carbocycles. The van der Waals surface area contributed by atoms with E-state index in [0.717, 1.165) is 31.2 Å². The number of rotatable bonds is 0. The maximum absolute atomic E-state index is 13.2. The number of carbonyl (C=O) groups excluding carboxylic acids is 2. The van der Waals surface area contributed by atoms with Gasteiger partial charge in [0.15, 0.2) is 23.5 Å². The van der Waals surface area contributed by atoms with Gasteiger partial charge in [-0.15, -0.1) is 0 Å². The number of hydrogen-bond donors (Lipinski definition) is 0. The average Bonchev–Trinajstić information content (AvgIpc) is 3.01. The van der Waals surface area contributed by atoms with Crippen LogP contribution in [0.15, 0.2) is 36.4 Å². The maximum atomic E-state index is 13.2. The molecule has 4 unspecified atom stereocenters. The highest BCUT2D eigenvalue weighted by molar-refractivity contribution is 6.08. The van der Waals surface area contributed by atoms with E-state index in [-0.39, 0.29) is 11.6 Å². The minimum atomic E-state index is -0.946. The fraction of sp³-hybridized carbons (Fsp3) is 0.474. The van der Waals surface area contributed by atoms with E-state index in [1.807, 2.05) is 25.1 Å². The van der Waals surface area contributed by atoms with Crippen LogP contribution in [0.4, 0.5) is 0 Å². The molecule has 4 nitrogen and oxygen atoms in total. The monoisotopic (exact) mass is 310 g/mol. The van der Waals surface area contributed by atoms with Crippen molar-refractivity contribution in [1.29, 1.82) is 0 Å². The minimum absolute atomic E-state index is 0.0473. The van der Waals surface area contributed by atoms with Gasteiger partial charge in [-0.1, -0.05) is 30.7 Å². The summed E-state index contributed by atoms with van der Waals surface area (Å²) in [5.41, 5.74) is -0.146. The Morgan fingerprint density at radius 2 is 1.91 bits per heavy atom. The van der Waals surface area contributed by atoms with Gasteiger partial charge in [0, 0.05) is 17.5 Å². The van der Waals surface area contributed by atoms with Gasteiger partial charge >= 0.3 is 0 Å².